The molecular formula is C16H17ClN6O. The van der Waals surface area contributed by atoms with E-state index in [9.17, 15) is 4.79 Å². The molecule has 0 aliphatic carbocycles. The summed E-state index contributed by atoms with van der Waals surface area (Å²) >= 11 is 6.05. The predicted octanol–water partition coefficient (Wildman–Crippen LogP) is 3.76. The van der Waals surface area contributed by atoms with E-state index in [4.69, 9.17) is 11.6 Å². The highest BCUT2D eigenvalue weighted by atomic mass is 35.5. The molecular weight excluding hydrogens is 328 g/mol. The van der Waals surface area contributed by atoms with Gasteiger partial charge in [0.05, 0.1) is 40.8 Å². The Morgan fingerprint density at radius 2 is 2.08 bits per heavy atom. The number of anilines is 2. The number of carbonyl (C=O) groups excluding carboxylic acids is 1. The van der Waals surface area contributed by atoms with Crippen molar-refractivity contribution in [2.24, 2.45) is 0 Å². The molecule has 0 spiro atoms. The van der Waals surface area contributed by atoms with Crippen molar-refractivity contribution in [2.75, 3.05) is 10.6 Å². The van der Waals surface area contributed by atoms with Crippen molar-refractivity contribution in [1.82, 2.24) is 20.0 Å². The van der Waals surface area contributed by atoms with Gasteiger partial charge in [-0.15, -0.1) is 0 Å². The molecule has 0 saturated carbocycles. The number of rotatable bonds is 4. The van der Waals surface area contributed by atoms with E-state index in [1.807, 2.05) is 32.0 Å². The first-order chi connectivity index (χ1) is 11.6. The van der Waals surface area contributed by atoms with Crippen LogP contribution >= 0.6 is 11.6 Å². The number of aromatic nitrogens is 4. The van der Waals surface area contributed by atoms with Crippen LogP contribution in [0.2, 0.25) is 5.02 Å². The molecule has 0 bridgehead atoms. The van der Waals surface area contributed by atoms with E-state index in [1.165, 1.54) is 0 Å². The van der Waals surface area contributed by atoms with E-state index >= 15 is 0 Å². The maximum atomic E-state index is 12.2. The Hall–Kier alpha value is -2.80. The van der Waals surface area contributed by atoms with E-state index in [0.29, 0.717) is 22.8 Å². The summed E-state index contributed by atoms with van der Waals surface area (Å²) in [6, 6.07) is 7.06. The lowest BCUT2D eigenvalue weighted by molar-refractivity contribution is 0.262. The molecule has 7 nitrogen and oxygen atoms in total. The van der Waals surface area contributed by atoms with Gasteiger partial charge in [0.1, 0.15) is 0 Å². The van der Waals surface area contributed by atoms with Crippen molar-refractivity contribution in [1.29, 1.82) is 0 Å². The zero-order chi connectivity index (χ0) is 17.1. The molecule has 2 heterocycles. The Balaban J connectivity index is 1.82. The van der Waals surface area contributed by atoms with Gasteiger partial charge in [0, 0.05) is 5.02 Å². The third-order valence-corrected chi connectivity index (χ3v) is 3.82. The van der Waals surface area contributed by atoms with Gasteiger partial charge in [-0.1, -0.05) is 24.6 Å². The quantitative estimate of drug-likeness (QED) is 0.673. The molecule has 1 aromatic carbocycles. The van der Waals surface area contributed by atoms with Crippen molar-refractivity contribution >= 4 is 29.0 Å². The van der Waals surface area contributed by atoms with Crippen LogP contribution in [0.25, 0.3) is 5.69 Å². The standard InChI is InChI=1S/C16H17ClN6O/c1-3-15-14(21-16(24)20-13-8-18-22-10(13)2)9-19-23(15)12-6-4-5-11(17)7-12/h4-9H,3H2,1-2H3,(H,18,22)(H2,20,21,24). The largest absolute Gasteiger partial charge is 0.323 e. The minimum atomic E-state index is -0.347. The second-order valence-electron chi connectivity index (χ2n) is 5.24. The summed E-state index contributed by atoms with van der Waals surface area (Å²) in [4.78, 5) is 12.2. The van der Waals surface area contributed by atoms with Gasteiger partial charge in [0.15, 0.2) is 0 Å². The lowest BCUT2D eigenvalue weighted by Gasteiger charge is -2.10. The number of benzene rings is 1. The molecule has 3 aromatic rings. The Labute approximate surface area is 144 Å². The van der Waals surface area contributed by atoms with Crippen LogP contribution in [0.3, 0.4) is 0 Å². The second-order valence-corrected chi connectivity index (χ2v) is 5.67. The highest BCUT2D eigenvalue weighted by Gasteiger charge is 2.14. The molecule has 2 amide bonds. The third kappa shape index (κ3) is 3.26. The molecule has 124 valence electrons. The van der Waals surface area contributed by atoms with E-state index < -0.39 is 0 Å². The number of hydrogen-bond acceptors (Lipinski definition) is 3. The fraction of sp³-hybridized carbons (Fsp3) is 0.188. The molecule has 0 radical (unpaired) electrons. The summed E-state index contributed by atoms with van der Waals surface area (Å²) in [6.45, 7) is 3.83. The van der Waals surface area contributed by atoms with Crippen molar-refractivity contribution in [3.63, 3.8) is 0 Å². The Bertz CT molecular complexity index is 869. The molecule has 2 aromatic heterocycles. The topological polar surface area (TPSA) is 87.6 Å². The van der Waals surface area contributed by atoms with E-state index in [-0.39, 0.29) is 6.03 Å². The molecule has 24 heavy (non-hydrogen) atoms. The third-order valence-electron chi connectivity index (χ3n) is 3.58. The number of halogens is 1. The van der Waals surface area contributed by atoms with Gasteiger partial charge < -0.3 is 10.6 Å². The normalized spacial score (nSPS) is 10.6. The molecule has 0 aliphatic heterocycles. The van der Waals surface area contributed by atoms with E-state index in [1.54, 1.807) is 23.1 Å². The highest BCUT2D eigenvalue weighted by Crippen LogP contribution is 2.22. The lowest BCUT2D eigenvalue weighted by atomic mass is 10.2. The smallest absolute Gasteiger partial charge is 0.305 e. The highest BCUT2D eigenvalue weighted by molar-refractivity contribution is 6.30. The van der Waals surface area contributed by atoms with Gasteiger partial charge in [-0.3, -0.25) is 5.10 Å². The fourth-order valence-corrected chi connectivity index (χ4v) is 2.59. The van der Waals surface area contributed by atoms with Crippen molar-refractivity contribution in [3.8, 4) is 5.69 Å². The van der Waals surface area contributed by atoms with Crippen LogP contribution in [0, 0.1) is 6.92 Å². The van der Waals surface area contributed by atoms with E-state index in [0.717, 1.165) is 17.1 Å². The number of H-pyrrole nitrogens is 1. The Morgan fingerprint density at radius 1 is 1.29 bits per heavy atom. The molecule has 0 fully saturated rings. The van der Waals surface area contributed by atoms with Crippen LogP contribution in [-0.4, -0.2) is 26.0 Å². The number of nitrogens with zero attached hydrogens (tertiary/aromatic N) is 3. The molecule has 0 saturated heterocycles. The van der Waals surface area contributed by atoms with Crippen LogP contribution in [0.4, 0.5) is 16.2 Å². The molecule has 3 rings (SSSR count). The monoisotopic (exact) mass is 344 g/mol. The van der Waals surface area contributed by atoms with Gasteiger partial charge in [-0.05, 0) is 31.5 Å². The van der Waals surface area contributed by atoms with Gasteiger partial charge >= 0.3 is 6.03 Å². The maximum Gasteiger partial charge on any atom is 0.323 e. The molecule has 0 aliphatic rings. The molecule has 8 heteroatoms. The molecule has 3 N–H and O–H groups in total. The number of nitrogens with one attached hydrogen (secondary N) is 3. The van der Waals surface area contributed by atoms with Crippen LogP contribution in [0.15, 0.2) is 36.7 Å². The minimum absolute atomic E-state index is 0.347. The summed E-state index contributed by atoms with van der Waals surface area (Å²) in [6.07, 6.45) is 3.89. The summed E-state index contributed by atoms with van der Waals surface area (Å²) in [5, 5.41) is 17.2. The predicted molar refractivity (Wildman–Crippen MR) is 93.9 cm³/mol. The van der Waals surface area contributed by atoms with Crippen LogP contribution in [0.1, 0.15) is 18.3 Å². The van der Waals surface area contributed by atoms with Crippen molar-refractivity contribution in [2.45, 2.75) is 20.3 Å². The average molecular weight is 345 g/mol. The van der Waals surface area contributed by atoms with Gasteiger partial charge in [-0.2, -0.15) is 10.2 Å². The molecule has 0 atom stereocenters. The van der Waals surface area contributed by atoms with Gasteiger partial charge in [0.25, 0.3) is 0 Å². The van der Waals surface area contributed by atoms with Crippen LogP contribution in [0.5, 0.6) is 0 Å². The maximum absolute atomic E-state index is 12.2. The Morgan fingerprint density at radius 3 is 2.75 bits per heavy atom. The van der Waals surface area contributed by atoms with Crippen LogP contribution < -0.4 is 10.6 Å². The summed E-state index contributed by atoms with van der Waals surface area (Å²) in [5.74, 6) is 0. The minimum Gasteiger partial charge on any atom is -0.305 e. The first-order valence-electron chi connectivity index (χ1n) is 7.49. The number of urea groups is 1. The van der Waals surface area contributed by atoms with Crippen LogP contribution in [-0.2, 0) is 6.42 Å². The summed E-state index contributed by atoms with van der Waals surface area (Å²) in [5.41, 5.74) is 3.80. The zero-order valence-corrected chi connectivity index (χ0v) is 14.1. The van der Waals surface area contributed by atoms with Crippen molar-refractivity contribution < 1.29 is 4.79 Å². The van der Waals surface area contributed by atoms with Crippen molar-refractivity contribution in [3.05, 3.63) is 53.1 Å². The number of aryl methyl sites for hydroxylation is 1. The zero-order valence-electron chi connectivity index (χ0n) is 13.3. The summed E-state index contributed by atoms with van der Waals surface area (Å²) in [7, 11) is 0. The number of carbonyl (C=O) groups is 1. The van der Waals surface area contributed by atoms with Gasteiger partial charge in [-0.25, -0.2) is 9.48 Å². The SMILES string of the molecule is CCc1c(NC(=O)Nc2cn[nH]c2C)cnn1-c1cccc(Cl)c1. The first kappa shape index (κ1) is 16.1. The fourth-order valence-electron chi connectivity index (χ4n) is 2.40. The first-order valence-corrected chi connectivity index (χ1v) is 7.87. The number of aromatic amines is 1. The lowest BCUT2D eigenvalue weighted by Crippen LogP contribution is -2.20. The number of hydrogen-bond donors (Lipinski definition) is 3. The second kappa shape index (κ2) is 6.76. The Kier molecular flexibility index (Phi) is 4.52. The average Bonchev–Trinajstić information content (AvgIpc) is 3.14. The van der Waals surface area contributed by atoms with E-state index in [2.05, 4.69) is 25.9 Å². The summed E-state index contributed by atoms with van der Waals surface area (Å²) < 4.78 is 1.77. The molecule has 0 unspecified atom stereocenters. The number of amides is 2. The van der Waals surface area contributed by atoms with Gasteiger partial charge in [0.2, 0.25) is 0 Å².